The quantitative estimate of drug-likeness (QED) is 0.653. The molecule has 3 amide bonds. The van der Waals surface area contributed by atoms with Gasteiger partial charge in [-0.1, -0.05) is 11.6 Å². The first-order chi connectivity index (χ1) is 15.0. The Hall–Kier alpha value is -3.16. The maximum Gasteiger partial charge on any atom is 0.319 e. The van der Waals surface area contributed by atoms with Crippen LogP contribution < -0.4 is 24.8 Å². The van der Waals surface area contributed by atoms with Crippen LogP contribution in [0, 0.1) is 0 Å². The fourth-order valence-electron chi connectivity index (χ4n) is 4.54. The number of urea groups is 1. The third-order valence-electron chi connectivity index (χ3n) is 6.13. The molecule has 3 aliphatic rings. The fraction of sp³-hybridized carbons (Fsp3) is 0.478. The molecule has 1 atom stereocenters. The second-order valence-corrected chi connectivity index (χ2v) is 7.97. The minimum atomic E-state index is -0.594. The zero-order valence-electron chi connectivity index (χ0n) is 18.2. The second kappa shape index (κ2) is 8.91. The van der Waals surface area contributed by atoms with Gasteiger partial charge in [-0.05, 0) is 49.8 Å². The van der Waals surface area contributed by atoms with Crippen LogP contribution in [-0.2, 0) is 4.79 Å². The second-order valence-electron chi connectivity index (χ2n) is 7.97. The molecule has 2 N–H and O–H groups in total. The van der Waals surface area contributed by atoms with E-state index in [0.29, 0.717) is 47.2 Å². The van der Waals surface area contributed by atoms with Crippen molar-refractivity contribution in [2.75, 3.05) is 34.4 Å². The largest absolute Gasteiger partial charge is 0.493 e. The van der Waals surface area contributed by atoms with Crippen molar-refractivity contribution in [2.24, 2.45) is 0 Å². The van der Waals surface area contributed by atoms with Crippen LogP contribution in [0.2, 0.25) is 0 Å². The highest BCUT2D eigenvalue weighted by Gasteiger charge is 2.40. The topological polar surface area (TPSA) is 89.1 Å². The number of carbonyl (C=O) groups is 2. The van der Waals surface area contributed by atoms with E-state index in [-0.39, 0.29) is 11.9 Å². The van der Waals surface area contributed by atoms with E-state index in [1.807, 2.05) is 4.90 Å². The van der Waals surface area contributed by atoms with Gasteiger partial charge in [0.2, 0.25) is 5.75 Å². The minimum absolute atomic E-state index is 0.0577. The Labute approximate surface area is 182 Å². The maximum atomic E-state index is 13.3. The third kappa shape index (κ3) is 4.06. The van der Waals surface area contributed by atoms with Crippen molar-refractivity contribution >= 4 is 11.9 Å². The molecule has 31 heavy (non-hydrogen) atoms. The Balaban J connectivity index is 1.61. The summed E-state index contributed by atoms with van der Waals surface area (Å²) in [6.07, 6.45) is 7.89. The van der Waals surface area contributed by atoms with Crippen LogP contribution >= 0.6 is 0 Å². The van der Waals surface area contributed by atoms with Gasteiger partial charge in [-0.2, -0.15) is 0 Å². The number of nitrogens with zero attached hydrogens (tertiary/aromatic N) is 1. The molecule has 0 bridgehead atoms. The molecule has 1 aromatic carbocycles. The summed E-state index contributed by atoms with van der Waals surface area (Å²) < 4.78 is 16.3. The Morgan fingerprint density at radius 3 is 2.42 bits per heavy atom. The molecular weight excluding hydrogens is 398 g/mol. The number of amides is 3. The van der Waals surface area contributed by atoms with Crippen LogP contribution in [0.15, 0.2) is 35.1 Å². The number of hydrogen-bond donors (Lipinski definition) is 2. The molecule has 0 aromatic heterocycles. The van der Waals surface area contributed by atoms with Crippen molar-refractivity contribution in [3.8, 4) is 17.2 Å². The van der Waals surface area contributed by atoms with E-state index in [2.05, 4.69) is 16.7 Å². The Morgan fingerprint density at radius 2 is 1.81 bits per heavy atom. The monoisotopic (exact) mass is 427 g/mol. The SMILES string of the molecule is COc1cc([C@@H]2NC(=O)NC3=C2C(=O)N(CCC2=CCCCC2)C3)cc(OC)c1OC. The lowest BCUT2D eigenvalue weighted by molar-refractivity contribution is -0.125. The van der Waals surface area contributed by atoms with Crippen molar-refractivity contribution < 1.29 is 23.8 Å². The van der Waals surface area contributed by atoms with Gasteiger partial charge in [0.25, 0.3) is 5.91 Å². The molecule has 1 aliphatic carbocycles. The average molecular weight is 428 g/mol. The minimum Gasteiger partial charge on any atom is -0.493 e. The molecule has 8 heteroatoms. The first kappa shape index (κ1) is 21.1. The number of benzene rings is 1. The van der Waals surface area contributed by atoms with Crippen molar-refractivity contribution in [1.29, 1.82) is 0 Å². The van der Waals surface area contributed by atoms with Crippen LogP contribution in [0.4, 0.5) is 4.79 Å². The molecule has 0 fully saturated rings. The maximum absolute atomic E-state index is 13.3. The lowest BCUT2D eigenvalue weighted by Gasteiger charge is -2.26. The molecular formula is C23H29N3O5. The molecule has 0 unspecified atom stereocenters. The van der Waals surface area contributed by atoms with Gasteiger partial charge in [0.15, 0.2) is 11.5 Å². The van der Waals surface area contributed by atoms with Gasteiger partial charge in [0, 0.05) is 6.54 Å². The number of methoxy groups -OCH3 is 3. The van der Waals surface area contributed by atoms with Gasteiger partial charge in [0.05, 0.1) is 45.2 Å². The lowest BCUT2D eigenvalue weighted by atomic mass is 9.95. The zero-order valence-corrected chi connectivity index (χ0v) is 18.2. The number of ether oxygens (including phenoxy) is 3. The standard InChI is InChI=1S/C23H29N3O5/c1-29-17-11-15(12-18(30-2)21(17)31-3)20-19-16(24-23(28)25-20)13-26(22(19)27)10-9-14-7-5-4-6-8-14/h7,11-12,20H,4-6,8-10,13H2,1-3H3,(H2,24,25,28)/t20-/m0/s1. The van der Waals surface area contributed by atoms with Gasteiger partial charge in [-0.15, -0.1) is 0 Å². The van der Waals surface area contributed by atoms with E-state index in [1.165, 1.54) is 39.7 Å². The third-order valence-corrected chi connectivity index (χ3v) is 6.13. The highest BCUT2D eigenvalue weighted by Crippen LogP contribution is 2.42. The molecule has 2 aliphatic heterocycles. The smallest absolute Gasteiger partial charge is 0.319 e. The van der Waals surface area contributed by atoms with E-state index < -0.39 is 6.04 Å². The first-order valence-electron chi connectivity index (χ1n) is 10.6. The van der Waals surface area contributed by atoms with Crippen molar-refractivity contribution in [2.45, 2.75) is 38.1 Å². The van der Waals surface area contributed by atoms with E-state index in [4.69, 9.17) is 14.2 Å². The van der Waals surface area contributed by atoms with Crippen LogP contribution in [-0.4, -0.2) is 51.3 Å². The molecule has 0 spiro atoms. The normalized spacial score (nSPS) is 20.7. The predicted octanol–water partition coefficient (Wildman–Crippen LogP) is 3.05. The molecule has 0 saturated carbocycles. The van der Waals surface area contributed by atoms with Crippen LogP contribution in [0.5, 0.6) is 17.2 Å². The summed E-state index contributed by atoms with van der Waals surface area (Å²) >= 11 is 0. The van der Waals surface area contributed by atoms with Crippen LogP contribution in [0.1, 0.15) is 43.7 Å². The molecule has 2 heterocycles. The van der Waals surface area contributed by atoms with Crippen molar-refractivity contribution in [3.63, 3.8) is 0 Å². The highest BCUT2D eigenvalue weighted by atomic mass is 16.5. The van der Waals surface area contributed by atoms with E-state index in [0.717, 1.165) is 19.3 Å². The number of hydrogen-bond acceptors (Lipinski definition) is 5. The predicted molar refractivity (Wildman–Crippen MR) is 115 cm³/mol. The van der Waals surface area contributed by atoms with E-state index in [9.17, 15) is 9.59 Å². The summed E-state index contributed by atoms with van der Waals surface area (Å²) in [5.41, 5.74) is 3.34. The van der Waals surface area contributed by atoms with Gasteiger partial charge >= 0.3 is 6.03 Å². The number of rotatable bonds is 7. The van der Waals surface area contributed by atoms with Crippen molar-refractivity contribution in [3.05, 3.63) is 40.6 Å². The molecule has 8 nitrogen and oxygen atoms in total. The molecule has 4 rings (SSSR count). The molecule has 166 valence electrons. The Kier molecular flexibility index (Phi) is 6.06. The van der Waals surface area contributed by atoms with E-state index in [1.54, 1.807) is 12.1 Å². The van der Waals surface area contributed by atoms with Gasteiger partial charge < -0.3 is 29.7 Å². The number of allylic oxidation sites excluding steroid dienone is 1. The molecule has 1 aromatic rings. The highest BCUT2D eigenvalue weighted by molar-refractivity contribution is 6.01. The molecule has 0 saturated heterocycles. The fourth-order valence-corrected chi connectivity index (χ4v) is 4.54. The van der Waals surface area contributed by atoms with Gasteiger partial charge in [-0.3, -0.25) is 4.79 Å². The van der Waals surface area contributed by atoms with E-state index >= 15 is 0 Å². The number of carbonyl (C=O) groups excluding carboxylic acids is 2. The summed E-state index contributed by atoms with van der Waals surface area (Å²) in [6, 6.07) is 2.61. The summed E-state index contributed by atoms with van der Waals surface area (Å²) in [5.74, 6) is 1.35. The number of nitrogens with one attached hydrogen (secondary N) is 2. The summed E-state index contributed by atoms with van der Waals surface area (Å²) in [7, 11) is 4.61. The van der Waals surface area contributed by atoms with Gasteiger partial charge in [-0.25, -0.2) is 4.79 Å². The van der Waals surface area contributed by atoms with Crippen LogP contribution in [0.25, 0.3) is 0 Å². The summed E-state index contributed by atoms with van der Waals surface area (Å²) in [5, 5.41) is 5.70. The Morgan fingerprint density at radius 1 is 1.06 bits per heavy atom. The van der Waals surface area contributed by atoms with Gasteiger partial charge in [0.1, 0.15) is 0 Å². The lowest BCUT2D eigenvalue weighted by Crippen LogP contribution is -2.44. The first-order valence-corrected chi connectivity index (χ1v) is 10.6. The summed E-state index contributed by atoms with van der Waals surface area (Å²) in [4.78, 5) is 27.5. The summed E-state index contributed by atoms with van der Waals surface area (Å²) in [6.45, 7) is 1.06. The Bertz CT molecular complexity index is 928. The zero-order chi connectivity index (χ0) is 22.0. The average Bonchev–Trinajstić information content (AvgIpc) is 3.11. The van der Waals surface area contributed by atoms with Crippen LogP contribution in [0.3, 0.4) is 0 Å². The molecule has 0 radical (unpaired) electrons. The van der Waals surface area contributed by atoms with Crippen molar-refractivity contribution in [1.82, 2.24) is 15.5 Å².